The van der Waals surface area contributed by atoms with Crippen molar-refractivity contribution in [3.63, 3.8) is 0 Å². The Hall–Kier alpha value is -10.6. The van der Waals surface area contributed by atoms with Gasteiger partial charge >= 0.3 is 11.4 Å². The van der Waals surface area contributed by atoms with Gasteiger partial charge in [-0.05, 0) is 161 Å². The highest BCUT2D eigenvalue weighted by Crippen LogP contribution is 2.35. The fourth-order valence-electron chi connectivity index (χ4n) is 13.0. The lowest BCUT2D eigenvalue weighted by Gasteiger charge is -2.19. The van der Waals surface area contributed by atoms with Crippen LogP contribution in [0.15, 0.2) is 128 Å². The number of hydrogen-bond donors (Lipinski definition) is 0. The van der Waals surface area contributed by atoms with Crippen molar-refractivity contribution in [2.24, 2.45) is 0 Å². The van der Waals surface area contributed by atoms with Crippen LogP contribution in [0.5, 0.6) is 34.5 Å². The molecule has 22 aliphatic rings. The first-order chi connectivity index (χ1) is 47.8. The summed E-state index contributed by atoms with van der Waals surface area (Å²) in [4.78, 5) is 126. The van der Waals surface area contributed by atoms with E-state index in [0.717, 1.165) is 71.5 Å². The molecule has 20 aliphatic heterocycles. The molecule has 22 nitrogen and oxygen atoms in total. The lowest BCUT2D eigenvalue weighted by atomic mass is 9.84. The average Bonchev–Trinajstić information content (AvgIpc) is 0.779. The molecule has 0 aromatic heterocycles. The van der Waals surface area contributed by atoms with E-state index in [4.69, 9.17) is 38.4 Å². The minimum Gasteiger partial charge on any atom is -0.494 e. The van der Waals surface area contributed by atoms with Gasteiger partial charge in [0.1, 0.15) is 34.5 Å². The van der Waals surface area contributed by atoms with Crippen LogP contribution in [-0.4, -0.2) is 101 Å². The average molecular weight is 1330 g/mol. The molecule has 0 unspecified atom stereocenters. The molecule has 0 saturated heterocycles. The molecule has 0 N–H and O–H groups in total. The Morgan fingerprint density at radius 1 is 0.327 bits per heavy atom. The fourth-order valence-corrected chi connectivity index (χ4v) is 13.0. The normalized spacial score (nSPS) is 15.1. The third-order valence-electron chi connectivity index (χ3n) is 18.3. The Kier molecular flexibility index (Phi) is 20.1. The molecule has 0 amide bonds. The van der Waals surface area contributed by atoms with Crippen LogP contribution in [0.4, 0.5) is 0 Å². The van der Waals surface area contributed by atoms with Crippen LogP contribution in [0.2, 0.25) is 0 Å². The van der Waals surface area contributed by atoms with Crippen molar-refractivity contribution >= 4 is 45.2 Å². The van der Waals surface area contributed by atoms with Crippen molar-refractivity contribution < 1.29 is 47.6 Å². The lowest BCUT2D eigenvalue weighted by Crippen LogP contribution is -2.38. The van der Waals surface area contributed by atoms with Crippen LogP contribution in [-0.2, 0) is 26.2 Å². The number of carbonyl (C=O) groups excluding carboxylic acids is 4. The van der Waals surface area contributed by atoms with E-state index in [0.29, 0.717) is 181 Å². The Morgan fingerprint density at radius 2 is 0.622 bits per heavy atom. The number of benzene rings is 6. The van der Waals surface area contributed by atoms with Gasteiger partial charge in [0.25, 0.3) is 11.1 Å². The number of hydrogen-bond acceptors (Lipinski definition) is 18. The highest BCUT2D eigenvalue weighted by molar-refractivity contribution is 6.29. The first-order valence-electron chi connectivity index (χ1n) is 34.3. The van der Waals surface area contributed by atoms with Gasteiger partial charge in [0.05, 0.1) is 61.7 Å². The summed E-state index contributed by atoms with van der Waals surface area (Å²) >= 11 is 0. The van der Waals surface area contributed by atoms with E-state index in [1.165, 1.54) is 0 Å². The molecule has 2 aliphatic carbocycles. The van der Waals surface area contributed by atoms with E-state index >= 15 is 0 Å². The van der Waals surface area contributed by atoms with Gasteiger partial charge in [0.15, 0.2) is 46.2 Å². The number of carbonyl (C=O) groups is 4. The summed E-state index contributed by atoms with van der Waals surface area (Å²) in [5, 5.41) is 0. The molecular weight excluding hydrogens is 1250 g/mol. The van der Waals surface area contributed by atoms with Crippen molar-refractivity contribution in [3.05, 3.63) is 195 Å². The maximum Gasteiger partial charge on any atom is 0.352 e. The Morgan fingerprint density at radius 3 is 0.939 bits per heavy atom. The molecule has 0 spiro atoms. The van der Waals surface area contributed by atoms with Gasteiger partial charge in [-0.1, -0.05) is 52.4 Å². The van der Waals surface area contributed by atoms with Crippen molar-refractivity contribution in [2.75, 3.05) is 39.6 Å². The molecule has 0 fully saturated rings. The SMILES string of the molecule is CCCCCCn1c2nc(=O)n3c(=O)c-2nc2ccc(cc21)OCCCCOc1ccc2c(c1)C(=O)c1ccc(cc1C2=O)OCCCC3.CCCCCCn1c2nc(=O)n3c(=O)c-2nc2ccc(cc21)OCCCCOc1ccc2c(c1)C(=O)c1ccc(cc1C2=O)OCCCC3. The van der Waals surface area contributed by atoms with Crippen LogP contribution < -0.4 is 50.9 Å². The predicted molar refractivity (Wildman–Crippen MR) is 367 cm³/mol. The van der Waals surface area contributed by atoms with Crippen LogP contribution in [0.25, 0.3) is 45.1 Å². The zero-order chi connectivity index (χ0) is 67.8. The number of aryl methyl sites for hydroxylation is 2. The maximum absolute atomic E-state index is 13.7. The third kappa shape index (κ3) is 13.9. The zero-order valence-electron chi connectivity index (χ0n) is 55.1. The zero-order valence-corrected chi connectivity index (χ0v) is 55.1. The second-order valence-electron chi connectivity index (χ2n) is 25.1. The monoisotopic (exact) mass is 1320 g/mol. The first kappa shape index (κ1) is 66.0. The van der Waals surface area contributed by atoms with Gasteiger partial charge in [-0.3, -0.25) is 37.9 Å². The topological polar surface area (TPSA) is 263 Å². The van der Waals surface area contributed by atoms with E-state index in [1.807, 2.05) is 45.5 Å². The van der Waals surface area contributed by atoms with Crippen molar-refractivity contribution in [1.82, 2.24) is 38.2 Å². The van der Waals surface area contributed by atoms with Gasteiger partial charge in [-0.15, -0.1) is 0 Å². The van der Waals surface area contributed by atoms with E-state index in [9.17, 15) is 38.4 Å². The minimum absolute atomic E-state index is 0.159. The smallest absolute Gasteiger partial charge is 0.352 e. The summed E-state index contributed by atoms with van der Waals surface area (Å²) in [5.74, 6) is 2.88. The lowest BCUT2D eigenvalue weighted by molar-refractivity contribution is 0.0978. The number of rotatable bonds is 10. The summed E-state index contributed by atoms with van der Waals surface area (Å²) in [5.41, 5.74) is 3.48. The molecule has 6 aromatic carbocycles. The molecular formula is C76H76N8O14. The van der Waals surface area contributed by atoms with Gasteiger partial charge in [0.2, 0.25) is 0 Å². The Bertz CT molecular complexity index is 4610. The summed E-state index contributed by atoms with van der Waals surface area (Å²) < 4.78 is 42.1. The molecule has 24 bridgehead atoms. The highest BCUT2D eigenvalue weighted by Gasteiger charge is 2.33. The molecule has 504 valence electrons. The van der Waals surface area contributed by atoms with Crippen LogP contribution in [0.3, 0.4) is 0 Å². The van der Waals surface area contributed by atoms with Gasteiger partial charge in [-0.25, -0.2) is 19.6 Å². The van der Waals surface area contributed by atoms with Crippen LogP contribution >= 0.6 is 0 Å². The summed E-state index contributed by atoms with van der Waals surface area (Å²) in [6, 6.07) is 30.9. The minimum atomic E-state index is -0.612. The number of unbranched alkanes of at least 4 members (excludes halogenated alkanes) is 6. The fraction of sp³-hybridized carbons (Fsp3) is 0.368. The number of aromatic nitrogens is 8. The third-order valence-corrected chi connectivity index (χ3v) is 18.3. The largest absolute Gasteiger partial charge is 0.494 e. The highest BCUT2D eigenvalue weighted by atomic mass is 16.5. The molecule has 98 heavy (non-hydrogen) atoms. The van der Waals surface area contributed by atoms with E-state index in [2.05, 4.69) is 23.8 Å². The number of ketones is 4. The van der Waals surface area contributed by atoms with Crippen molar-refractivity contribution in [1.29, 1.82) is 0 Å². The molecule has 6 aromatic rings. The summed E-state index contributed by atoms with van der Waals surface area (Å²) in [6.45, 7) is 8.08. The molecule has 28 rings (SSSR count). The summed E-state index contributed by atoms with van der Waals surface area (Å²) in [7, 11) is 0. The standard InChI is InChI=1S/2C38H38N4O7/c2*1-2-3-4-5-16-41-32-23-26-12-15-31(32)39-33-36(41)40-38(46)42(37(33)45)17-6-7-18-47-24-10-13-27-29(21-24)34(43)28-14-11-25(22-30(28)35(27)44)48-19-8-9-20-49-26/h2*10-15,21-23H,2-9,16-20H2,1H3. The van der Waals surface area contributed by atoms with Crippen LogP contribution in [0, 0.1) is 0 Å². The van der Waals surface area contributed by atoms with E-state index < -0.39 is 22.5 Å². The van der Waals surface area contributed by atoms with Crippen molar-refractivity contribution in [2.45, 2.75) is 143 Å². The number of nitrogens with zero attached hydrogens (tertiary/aromatic N) is 8. The molecule has 0 atom stereocenters. The van der Waals surface area contributed by atoms with Crippen molar-refractivity contribution in [3.8, 4) is 57.5 Å². The van der Waals surface area contributed by atoms with Crippen LogP contribution in [0.1, 0.15) is 180 Å². The molecule has 0 radical (unpaired) electrons. The second-order valence-corrected chi connectivity index (χ2v) is 25.1. The maximum atomic E-state index is 13.7. The first-order valence-corrected chi connectivity index (χ1v) is 34.3. The van der Waals surface area contributed by atoms with Gasteiger partial charge in [0, 0.05) is 82.8 Å². The quantitative estimate of drug-likeness (QED) is 0.0909. The second kappa shape index (κ2) is 29.8. The summed E-state index contributed by atoms with van der Waals surface area (Å²) in [6.07, 6.45) is 13.0. The van der Waals surface area contributed by atoms with Gasteiger partial charge < -0.3 is 37.6 Å². The Balaban J connectivity index is 0.000000176. The molecule has 20 heterocycles. The number of ether oxygens (including phenoxy) is 6. The van der Waals surface area contributed by atoms with E-state index in [1.54, 1.807) is 72.8 Å². The van der Waals surface area contributed by atoms with E-state index in [-0.39, 0.29) is 72.5 Å². The molecule has 22 heteroatoms. The predicted octanol–water partition coefficient (Wildman–Crippen LogP) is 11.6. The molecule has 0 saturated carbocycles. The Labute approximate surface area is 563 Å². The van der Waals surface area contributed by atoms with Gasteiger partial charge in [-0.2, -0.15) is 9.97 Å².